The average Bonchev–Trinajstić information content (AvgIpc) is 2.62. The number of rotatable bonds is 4. The topological polar surface area (TPSA) is 78.5 Å². The van der Waals surface area contributed by atoms with Crippen molar-refractivity contribution >= 4 is 34.8 Å². The van der Waals surface area contributed by atoms with Gasteiger partial charge in [-0.1, -0.05) is 12.1 Å². The van der Waals surface area contributed by atoms with Crippen LogP contribution in [0.1, 0.15) is 12.8 Å². The second kappa shape index (κ2) is 7.30. The van der Waals surface area contributed by atoms with Crippen LogP contribution in [0.3, 0.4) is 0 Å². The van der Waals surface area contributed by atoms with Crippen molar-refractivity contribution in [2.24, 2.45) is 0 Å². The van der Waals surface area contributed by atoms with Crippen LogP contribution >= 0.6 is 0 Å². The molecule has 0 fully saturated rings. The van der Waals surface area contributed by atoms with Gasteiger partial charge in [0, 0.05) is 24.6 Å². The predicted molar refractivity (Wildman–Crippen MR) is 91.6 cm³/mol. The van der Waals surface area contributed by atoms with Gasteiger partial charge in [-0.2, -0.15) is 0 Å². The van der Waals surface area contributed by atoms with E-state index in [9.17, 15) is 23.2 Å². The Morgan fingerprint density at radius 3 is 2.62 bits per heavy atom. The van der Waals surface area contributed by atoms with Gasteiger partial charge in [0.25, 0.3) is 0 Å². The summed E-state index contributed by atoms with van der Waals surface area (Å²) in [5, 5.41) is 5.07. The molecule has 3 rings (SSSR count). The van der Waals surface area contributed by atoms with Crippen molar-refractivity contribution in [1.82, 2.24) is 0 Å². The Hall–Kier alpha value is -3.29. The second-order valence-electron chi connectivity index (χ2n) is 5.72. The highest BCUT2D eigenvalue weighted by molar-refractivity contribution is 6.10. The lowest BCUT2D eigenvalue weighted by Gasteiger charge is -2.29. The van der Waals surface area contributed by atoms with Gasteiger partial charge < -0.3 is 15.5 Å². The van der Waals surface area contributed by atoms with Gasteiger partial charge in [-0.3, -0.25) is 14.4 Å². The van der Waals surface area contributed by atoms with Gasteiger partial charge in [0.2, 0.25) is 17.7 Å². The summed E-state index contributed by atoms with van der Waals surface area (Å²) in [5.41, 5.74) is 1.20. The molecule has 0 unspecified atom stereocenters. The van der Waals surface area contributed by atoms with Crippen LogP contribution in [0.4, 0.5) is 25.8 Å². The molecule has 8 heteroatoms. The highest BCUT2D eigenvalue weighted by Crippen LogP contribution is 2.29. The Balaban J connectivity index is 1.61. The zero-order chi connectivity index (χ0) is 18.7. The van der Waals surface area contributed by atoms with E-state index < -0.39 is 17.5 Å². The molecule has 2 aromatic rings. The first-order chi connectivity index (χ1) is 12.4. The number of benzene rings is 2. The number of carbonyl (C=O) groups is 3. The number of hydrogen-bond donors (Lipinski definition) is 2. The number of para-hydroxylation sites is 2. The van der Waals surface area contributed by atoms with Crippen LogP contribution in [0.25, 0.3) is 0 Å². The van der Waals surface area contributed by atoms with Crippen molar-refractivity contribution in [3.63, 3.8) is 0 Å². The molecule has 134 valence electrons. The number of halogens is 2. The molecular weight excluding hydrogens is 344 g/mol. The van der Waals surface area contributed by atoms with E-state index >= 15 is 0 Å². The molecule has 0 atom stereocenters. The molecule has 1 aliphatic heterocycles. The number of anilines is 3. The number of carbonyl (C=O) groups excluding carboxylic acids is 3. The Labute approximate surface area is 147 Å². The number of nitrogens with zero attached hydrogens (tertiary/aromatic N) is 1. The number of amides is 3. The van der Waals surface area contributed by atoms with E-state index in [2.05, 4.69) is 10.6 Å². The lowest BCUT2D eigenvalue weighted by Crippen LogP contribution is -2.42. The highest BCUT2D eigenvalue weighted by Gasteiger charge is 2.26. The molecule has 0 saturated heterocycles. The van der Waals surface area contributed by atoms with Gasteiger partial charge in [0.15, 0.2) is 11.6 Å². The molecule has 2 aromatic carbocycles. The van der Waals surface area contributed by atoms with E-state index in [-0.39, 0.29) is 36.9 Å². The van der Waals surface area contributed by atoms with Gasteiger partial charge >= 0.3 is 0 Å². The zero-order valence-electron chi connectivity index (χ0n) is 13.6. The summed E-state index contributed by atoms with van der Waals surface area (Å²) in [5.74, 6) is -3.30. The summed E-state index contributed by atoms with van der Waals surface area (Å²) in [4.78, 5) is 37.4. The van der Waals surface area contributed by atoms with E-state index in [1.807, 2.05) is 0 Å². The van der Waals surface area contributed by atoms with Crippen molar-refractivity contribution < 1.29 is 23.2 Å². The lowest BCUT2D eigenvalue weighted by molar-refractivity contribution is -0.124. The number of fused-ring (bicyclic) bond motifs is 1. The molecule has 6 nitrogen and oxygen atoms in total. The van der Waals surface area contributed by atoms with E-state index in [0.717, 1.165) is 12.1 Å². The summed E-state index contributed by atoms with van der Waals surface area (Å²) >= 11 is 0. The van der Waals surface area contributed by atoms with Crippen molar-refractivity contribution in [2.75, 3.05) is 22.1 Å². The molecule has 0 bridgehead atoms. The lowest BCUT2D eigenvalue weighted by atomic mass is 10.1. The molecule has 1 heterocycles. The van der Waals surface area contributed by atoms with E-state index in [1.54, 1.807) is 24.3 Å². The quantitative estimate of drug-likeness (QED) is 0.881. The Morgan fingerprint density at radius 2 is 1.85 bits per heavy atom. The molecule has 0 aromatic heterocycles. The maximum atomic E-state index is 13.1. The van der Waals surface area contributed by atoms with Gasteiger partial charge in [0.05, 0.1) is 11.4 Å². The van der Waals surface area contributed by atoms with Gasteiger partial charge in [-0.05, 0) is 24.3 Å². The van der Waals surface area contributed by atoms with Crippen LogP contribution in [-0.2, 0) is 14.4 Å². The third-order valence-electron chi connectivity index (χ3n) is 3.84. The Morgan fingerprint density at radius 1 is 1.08 bits per heavy atom. The third kappa shape index (κ3) is 3.85. The average molecular weight is 359 g/mol. The first-order valence-corrected chi connectivity index (χ1v) is 7.88. The normalized spacial score (nSPS) is 13.0. The number of hydrogen-bond acceptors (Lipinski definition) is 3. The van der Waals surface area contributed by atoms with Crippen LogP contribution in [0.15, 0.2) is 42.5 Å². The van der Waals surface area contributed by atoms with Crippen molar-refractivity contribution in [1.29, 1.82) is 0 Å². The molecule has 1 aliphatic rings. The first-order valence-electron chi connectivity index (χ1n) is 7.88. The van der Waals surface area contributed by atoms with Gasteiger partial charge in [-0.15, -0.1) is 0 Å². The van der Waals surface area contributed by atoms with Gasteiger partial charge in [-0.25, -0.2) is 8.78 Å². The van der Waals surface area contributed by atoms with Crippen LogP contribution in [0, 0.1) is 11.6 Å². The Bertz CT molecular complexity index is 886. The monoisotopic (exact) mass is 359 g/mol. The zero-order valence-corrected chi connectivity index (χ0v) is 13.6. The largest absolute Gasteiger partial charge is 0.326 e. The smallest absolute Gasteiger partial charge is 0.244 e. The van der Waals surface area contributed by atoms with Crippen molar-refractivity contribution in [3.05, 3.63) is 54.1 Å². The minimum Gasteiger partial charge on any atom is -0.326 e. The summed E-state index contributed by atoms with van der Waals surface area (Å²) in [7, 11) is 0. The molecule has 2 N–H and O–H groups in total. The van der Waals surface area contributed by atoms with Crippen LogP contribution in [-0.4, -0.2) is 24.3 Å². The minimum absolute atomic E-state index is 0.101. The third-order valence-corrected chi connectivity index (χ3v) is 3.84. The summed E-state index contributed by atoms with van der Waals surface area (Å²) < 4.78 is 26.0. The van der Waals surface area contributed by atoms with Crippen molar-refractivity contribution in [2.45, 2.75) is 12.8 Å². The summed E-state index contributed by atoms with van der Waals surface area (Å²) in [6.45, 7) is -0.124. The number of nitrogens with one attached hydrogen (secondary N) is 2. The molecular formula is C18H15F2N3O3. The van der Waals surface area contributed by atoms with Crippen molar-refractivity contribution in [3.8, 4) is 0 Å². The van der Waals surface area contributed by atoms with Crippen LogP contribution < -0.4 is 15.5 Å². The van der Waals surface area contributed by atoms with E-state index in [0.29, 0.717) is 11.4 Å². The second-order valence-corrected chi connectivity index (χ2v) is 5.72. The molecule has 3 amide bonds. The van der Waals surface area contributed by atoms with E-state index in [4.69, 9.17) is 0 Å². The molecule has 0 spiro atoms. The fraction of sp³-hybridized carbons (Fsp3) is 0.167. The SMILES string of the molecule is O=C(CCC(=O)N1CC(=O)Nc2ccccc21)Nc1ccc(F)c(F)c1. The fourth-order valence-electron chi connectivity index (χ4n) is 2.61. The molecule has 0 aliphatic carbocycles. The molecule has 0 radical (unpaired) electrons. The standard InChI is InChI=1S/C18H15F2N3O3/c19-12-6-5-11(9-13(12)20)21-16(24)7-8-18(26)23-10-17(25)22-14-3-1-2-4-15(14)23/h1-6,9H,7-8,10H2,(H,21,24)(H,22,25). The summed E-state index contributed by atoms with van der Waals surface area (Å²) in [6, 6.07) is 9.86. The van der Waals surface area contributed by atoms with Crippen LogP contribution in [0.5, 0.6) is 0 Å². The minimum atomic E-state index is -1.07. The predicted octanol–water partition coefficient (Wildman–Crippen LogP) is 2.67. The Kier molecular flexibility index (Phi) is 4.92. The first kappa shape index (κ1) is 17.5. The maximum absolute atomic E-state index is 13.1. The van der Waals surface area contributed by atoms with Gasteiger partial charge in [0.1, 0.15) is 6.54 Å². The fourth-order valence-corrected chi connectivity index (χ4v) is 2.61. The van der Waals surface area contributed by atoms with E-state index in [1.165, 1.54) is 11.0 Å². The molecule has 0 saturated carbocycles. The van der Waals surface area contributed by atoms with Crippen LogP contribution in [0.2, 0.25) is 0 Å². The maximum Gasteiger partial charge on any atom is 0.244 e. The highest BCUT2D eigenvalue weighted by atomic mass is 19.2. The molecule has 26 heavy (non-hydrogen) atoms. The summed E-state index contributed by atoms with van der Waals surface area (Å²) in [6.07, 6.45) is -0.283.